The van der Waals surface area contributed by atoms with Crippen LogP contribution in [0.15, 0.2) is 12.3 Å². The van der Waals surface area contributed by atoms with Crippen LogP contribution in [-0.4, -0.2) is 17.0 Å². The summed E-state index contributed by atoms with van der Waals surface area (Å²) >= 11 is 0. The Bertz CT molecular complexity index is 470. The largest absolute Gasteiger partial charge is 0.461 e. The third-order valence-corrected chi connectivity index (χ3v) is 2.34. The topological polar surface area (TPSA) is 76.7 Å². The average molecular weight is 254 g/mol. The number of esters is 2. The van der Waals surface area contributed by atoms with Crippen molar-refractivity contribution < 1.29 is 28.7 Å². The number of aromatic nitrogens is 1. The molecule has 1 aromatic heterocycles. The normalized spacial score (nSPS) is 9.94. The molecule has 0 spiro atoms. The predicted molar refractivity (Wildman–Crippen MR) is 60.2 cm³/mol. The van der Waals surface area contributed by atoms with Gasteiger partial charge in [-0.2, -0.15) is 4.57 Å². The number of carbonyl (C=O) groups is 2. The Kier molecular flexibility index (Phi) is 4.65. The van der Waals surface area contributed by atoms with Crippen LogP contribution in [0.2, 0.25) is 0 Å². The molecule has 0 fully saturated rings. The lowest BCUT2D eigenvalue weighted by molar-refractivity contribution is -0.678. The van der Waals surface area contributed by atoms with Crippen molar-refractivity contribution in [2.75, 3.05) is 0 Å². The Balaban J connectivity index is 2.96. The molecule has 0 unspecified atom stereocenters. The van der Waals surface area contributed by atoms with E-state index in [4.69, 9.17) is 9.47 Å². The van der Waals surface area contributed by atoms with Crippen LogP contribution in [0.4, 0.5) is 0 Å². The highest BCUT2D eigenvalue weighted by molar-refractivity contribution is 5.66. The third kappa shape index (κ3) is 3.73. The fraction of sp³-hybridized carbons (Fsp3) is 0.417. The number of pyridine rings is 1. The van der Waals surface area contributed by atoms with E-state index in [1.54, 1.807) is 19.3 Å². The molecule has 0 aliphatic carbocycles. The van der Waals surface area contributed by atoms with Gasteiger partial charge >= 0.3 is 17.8 Å². The van der Waals surface area contributed by atoms with E-state index in [9.17, 15) is 14.7 Å². The van der Waals surface area contributed by atoms with Crippen LogP contribution >= 0.6 is 0 Å². The molecule has 0 saturated heterocycles. The first kappa shape index (κ1) is 14.0. The molecule has 0 atom stereocenters. The molecule has 1 rings (SSSR count). The van der Waals surface area contributed by atoms with Crippen LogP contribution in [0, 0.1) is 0 Å². The minimum atomic E-state index is -0.445. The SMILES string of the molecule is CC(=O)OCc1cc[n+](C)c(O)c1COC(C)=O. The molecule has 1 aromatic rings. The van der Waals surface area contributed by atoms with Crippen molar-refractivity contribution in [3.63, 3.8) is 0 Å². The second kappa shape index (κ2) is 6.00. The van der Waals surface area contributed by atoms with Crippen molar-refractivity contribution in [3.05, 3.63) is 23.4 Å². The lowest BCUT2D eigenvalue weighted by atomic mass is 10.1. The molecule has 98 valence electrons. The molecule has 0 bridgehead atoms. The summed E-state index contributed by atoms with van der Waals surface area (Å²) in [6.07, 6.45) is 1.63. The van der Waals surface area contributed by atoms with Gasteiger partial charge in [-0.1, -0.05) is 0 Å². The number of aromatic hydroxyl groups is 1. The van der Waals surface area contributed by atoms with E-state index in [0.29, 0.717) is 11.1 Å². The van der Waals surface area contributed by atoms with Gasteiger partial charge in [0.1, 0.15) is 25.8 Å². The molecule has 6 heteroatoms. The number of aryl methyl sites for hydroxylation is 1. The van der Waals surface area contributed by atoms with E-state index in [1.165, 1.54) is 18.4 Å². The molecule has 0 aliphatic rings. The zero-order chi connectivity index (χ0) is 13.7. The van der Waals surface area contributed by atoms with E-state index in [-0.39, 0.29) is 19.1 Å². The first-order chi connectivity index (χ1) is 8.41. The van der Waals surface area contributed by atoms with Crippen molar-refractivity contribution in [2.45, 2.75) is 27.1 Å². The van der Waals surface area contributed by atoms with Gasteiger partial charge in [0.25, 0.3) is 0 Å². The van der Waals surface area contributed by atoms with E-state index < -0.39 is 11.9 Å². The summed E-state index contributed by atoms with van der Waals surface area (Å²) in [7, 11) is 1.65. The lowest BCUT2D eigenvalue weighted by Gasteiger charge is -2.09. The van der Waals surface area contributed by atoms with Crippen LogP contribution in [0.1, 0.15) is 25.0 Å². The van der Waals surface area contributed by atoms with E-state index in [1.807, 2.05) is 0 Å². The van der Waals surface area contributed by atoms with Crippen LogP contribution in [0.3, 0.4) is 0 Å². The number of nitrogens with zero attached hydrogens (tertiary/aromatic N) is 1. The average Bonchev–Trinajstić information content (AvgIpc) is 2.29. The van der Waals surface area contributed by atoms with Crippen molar-refractivity contribution in [2.24, 2.45) is 7.05 Å². The highest BCUT2D eigenvalue weighted by Crippen LogP contribution is 2.18. The maximum absolute atomic E-state index is 10.8. The van der Waals surface area contributed by atoms with Gasteiger partial charge < -0.3 is 14.6 Å². The predicted octanol–water partition coefficient (Wildman–Crippen LogP) is 0.343. The molecule has 0 saturated carbocycles. The van der Waals surface area contributed by atoms with Gasteiger partial charge in [-0.25, -0.2) is 0 Å². The number of hydrogen-bond acceptors (Lipinski definition) is 5. The highest BCUT2D eigenvalue weighted by Gasteiger charge is 2.18. The van der Waals surface area contributed by atoms with Crippen LogP contribution in [0.25, 0.3) is 0 Å². The minimum absolute atomic E-state index is 0.0269. The number of hydrogen-bond donors (Lipinski definition) is 1. The molecular formula is C12H16NO5+. The number of carbonyl (C=O) groups excluding carboxylic acids is 2. The molecule has 0 aliphatic heterocycles. The lowest BCUT2D eigenvalue weighted by Crippen LogP contribution is -2.29. The molecule has 0 radical (unpaired) electrons. The van der Waals surface area contributed by atoms with Crippen LogP contribution < -0.4 is 4.57 Å². The Morgan fingerprint density at radius 1 is 1.22 bits per heavy atom. The second-order valence-corrected chi connectivity index (χ2v) is 3.81. The first-order valence-corrected chi connectivity index (χ1v) is 5.38. The van der Waals surface area contributed by atoms with E-state index in [2.05, 4.69) is 0 Å². The highest BCUT2D eigenvalue weighted by atomic mass is 16.5. The fourth-order valence-corrected chi connectivity index (χ4v) is 1.38. The first-order valence-electron chi connectivity index (χ1n) is 5.38. The Hall–Kier alpha value is -2.11. The molecule has 1 N–H and O–H groups in total. The summed E-state index contributed by atoms with van der Waals surface area (Å²) in [5.41, 5.74) is 1.03. The maximum atomic E-state index is 10.8. The fourth-order valence-electron chi connectivity index (χ4n) is 1.38. The smallest absolute Gasteiger partial charge is 0.372 e. The van der Waals surface area contributed by atoms with E-state index >= 15 is 0 Å². The van der Waals surface area contributed by atoms with Gasteiger partial charge in [-0.15, -0.1) is 0 Å². The minimum Gasteiger partial charge on any atom is -0.461 e. The maximum Gasteiger partial charge on any atom is 0.372 e. The summed E-state index contributed by atoms with van der Waals surface area (Å²) in [5.74, 6) is -0.888. The molecular weight excluding hydrogens is 238 g/mol. The molecule has 1 heterocycles. The van der Waals surface area contributed by atoms with Crippen molar-refractivity contribution >= 4 is 11.9 Å². The summed E-state index contributed by atoms with van der Waals surface area (Å²) in [5, 5.41) is 9.89. The monoisotopic (exact) mass is 254 g/mol. The van der Waals surface area contributed by atoms with Gasteiger partial charge in [0.15, 0.2) is 6.20 Å². The van der Waals surface area contributed by atoms with Gasteiger partial charge in [0.05, 0.1) is 0 Å². The van der Waals surface area contributed by atoms with Gasteiger partial charge in [-0.3, -0.25) is 9.59 Å². The number of ether oxygens (including phenoxy) is 2. The van der Waals surface area contributed by atoms with Gasteiger partial charge in [0, 0.05) is 25.5 Å². The summed E-state index contributed by atoms with van der Waals surface area (Å²) in [6.45, 7) is 2.55. The molecule has 0 aromatic carbocycles. The van der Waals surface area contributed by atoms with Crippen molar-refractivity contribution in [1.82, 2.24) is 0 Å². The third-order valence-electron chi connectivity index (χ3n) is 2.34. The van der Waals surface area contributed by atoms with Crippen LogP contribution in [-0.2, 0) is 39.3 Å². The van der Waals surface area contributed by atoms with Gasteiger partial charge in [-0.05, 0) is 0 Å². The summed E-state index contributed by atoms with van der Waals surface area (Å²) in [6, 6.07) is 1.70. The number of rotatable bonds is 4. The summed E-state index contributed by atoms with van der Waals surface area (Å²) < 4.78 is 11.2. The van der Waals surface area contributed by atoms with E-state index in [0.717, 1.165) is 0 Å². The second-order valence-electron chi connectivity index (χ2n) is 3.81. The van der Waals surface area contributed by atoms with Crippen molar-refractivity contribution in [1.29, 1.82) is 0 Å². The van der Waals surface area contributed by atoms with Crippen molar-refractivity contribution in [3.8, 4) is 5.88 Å². The zero-order valence-corrected chi connectivity index (χ0v) is 10.6. The molecule has 18 heavy (non-hydrogen) atoms. The Morgan fingerprint density at radius 3 is 2.33 bits per heavy atom. The van der Waals surface area contributed by atoms with Crippen LogP contribution in [0.5, 0.6) is 5.88 Å². The zero-order valence-electron chi connectivity index (χ0n) is 10.6. The standard InChI is InChI=1S/C12H15NO5/c1-8(14)17-6-10-4-5-13(3)12(16)11(10)7-18-9(2)15/h4-5H,6-7H2,1-3H3/p+1. The molecule has 0 amide bonds. The Labute approximate surface area is 105 Å². The molecule has 6 nitrogen and oxygen atoms in total. The quantitative estimate of drug-likeness (QED) is 0.619. The summed E-state index contributed by atoms with van der Waals surface area (Å²) in [4.78, 5) is 21.6. The van der Waals surface area contributed by atoms with Gasteiger partial charge in [0.2, 0.25) is 0 Å². The Morgan fingerprint density at radius 2 is 1.78 bits per heavy atom.